The maximum absolute atomic E-state index is 11.3. The predicted molar refractivity (Wildman–Crippen MR) is 62.7 cm³/mol. The molecule has 0 fully saturated rings. The molecular formula is C11H10ClN3O2. The molecule has 0 aliphatic heterocycles. The normalized spacial score (nSPS) is 10.5. The molecule has 1 heterocycles. The lowest BCUT2D eigenvalue weighted by Gasteiger charge is -2.02. The van der Waals surface area contributed by atoms with E-state index in [9.17, 15) is 4.79 Å². The first kappa shape index (κ1) is 11.7. The molecule has 0 atom stereocenters. The van der Waals surface area contributed by atoms with Crippen molar-refractivity contribution in [1.82, 2.24) is 15.2 Å². The monoisotopic (exact) mass is 251 g/mol. The Labute approximate surface area is 103 Å². The summed E-state index contributed by atoms with van der Waals surface area (Å²) < 4.78 is 4.81. The zero-order valence-electron chi connectivity index (χ0n) is 9.18. The van der Waals surface area contributed by atoms with E-state index in [0.29, 0.717) is 28.5 Å². The highest BCUT2D eigenvalue weighted by atomic mass is 35.5. The first-order valence-corrected chi connectivity index (χ1v) is 5.52. The van der Waals surface area contributed by atoms with Crippen LogP contribution in [0, 0.1) is 0 Å². The Balaban J connectivity index is 2.29. The van der Waals surface area contributed by atoms with E-state index in [1.54, 1.807) is 25.1 Å². The number of nitrogens with zero attached hydrogens (tertiary/aromatic N) is 3. The number of fused-ring (bicyclic) bond motifs is 1. The summed E-state index contributed by atoms with van der Waals surface area (Å²) in [7, 11) is 0. The zero-order valence-corrected chi connectivity index (χ0v) is 9.94. The van der Waals surface area contributed by atoms with Gasteiger partial charge in [-0.1, -0.05) is 17.7 Å². The first-order chi connectivity index (χ1) is 8.20. The summed E-state index contributed by atoms with van der Waals surface area (Å²) in [6.45, 7) is 2.09. The Morgan fingerprint density at radius 1 is 1.41 bits per heavy atom. The molecule has 88 valence electrons. The minimum absolute atomic E-state index is 0.0172. The summed E-state index contributed by atoms with van der Waals surface area (Å²) in [5, 5.41) is 8.28. The van der Waals surface area contributed by atoms with Crippen molar-refractivity contribution >= 4 is 28.6 Å². The zero-order chi connectivity index (χ0) is 12.3. The molecule has 1 aromatic carbocycles. The summed E-state index contributed by atoms with van der Waals surface area (Å²) in [5.41, 5.74) is 1.15. The average Bonchev–Trinajstić information content (AvgIpc) is 2.29. The smallest absolute Gasteiger partial charge is 0.313 e. The number of benzene rings is 1. The van der Waals surface area contributed by atoms with Crippen LogP contribution >= 0.6 is 11.6 Å². The van der Waals surface area contributed by atoms with Gasteiger partial charge in [0.1, 0.15) is 11.9 Å². The molecule has 0 spiro atoms. The van der Waals surface area contributed by atoms with Gasteiger partial charge in [0.05, 0.1) is 17.1 Å². The van der Waals surface area contributed by atoms with Crippen molar-refractivity contribution in [2.45, 2.75) is 13.3 Å². The van der Waals surface area contributed by atoms with E-state index in [1.807, 2.05) is 0 Å². The Morgan fingerprint density at radius 2 is 2.24 bits per heavy atom. The minimum Gasteiger partial charge on any atom is -0.466 e. The molecule has 0 unspecified atom stereocenters. The molecule has 0 radical (unpaired) electrons. The number of rotatable bonds is 3. The summed E-state index contributed by atoms with van der Waals surface area (Å²) in [5.74, 6) is -0.0334. The van der Waals surface area contributed by atoms with E-state index in [2.05, 4.69) is 15.2 Å². The molecule has 0 saturated heterocycles. The number of esters is 1. The molecule has 1 aromatic heterocycles. The third kappa shape index (κ3) is 2.68. The van der Waals surface area contributed by atoms with Crippen LogP contribution in [0.15, 0.2) is 18.2 Å². The number of carbonyl (C=O) groups excluding carboxylic acids is 1. The molecule has 0 saturated carbocycles. The minimum atomic E-state index is -0.365. The fourth-order valence-electron chi connectivity index (χ4n) is 1.38. The Kier molecular flexibility index (Phi) is 3.49. The van der Waals surface area contributed by atoms with Crippen LogP contribution in [-0.4, -0.2) is 27.8 Å². The van der Waals surface area contributed by atoms with Crippen LogP contribution in [-0.2, 0) is 16.0 Å². The second-order valence-electron chi connectivity index (χ2n) is 3.32. The van der Waals surface area contributed by atoms with E-state index in [1.165, 1.54) is 0 Å². The molecule has 2 rings (SSSR count). The highest BCUT2D eigenvalue weighted by Crippen LogP contribution is 2.18. The molecule has 6 heteroatoms. The third-order valence-electron chi connectivity index (χ3n) is 2.09. The van der Waals surface area contributed by atoms with Crippen LogP contribution in [0.25, 0.3) is 11.0 Å². The number of ether oxygens (including phenoxy) is 1. The highest BCUT2D eigenvalue weighted by Gasteiger charge is 2.09. The van der Waals surface area contributed by atoms with Crippen LogP contribution in [0.4, 0.5) is 0 Å². The first-order valence-electron chi connectivity index (χ1n) is 5.14. The Bertz CT molecular complexity index is 559. The quantitative estimate of drug-likeness (QED) is 0.778. The lowest BCUT2D eigenvalue weighted by Crippen LogP contribution is -2.11. The largest absolute Gasteiger partial charge is 0.466 e. The van der Waals surface area contributed by atoms with E-state index in [-0.39, 0.29) is 12.4 Å². The van der Waals surface area contributed by atoms with Gasteiger partial charge in [-0.05, 0) is 19.1 Å². The van der Waals surface area contributed by atoms with Gasteiger partial charge in [0, 0.05) is 0 Å². The van der Waals surface area contributed by atoms with Crippen molar-refractivity contribution < 1.29 is 9.53 Å². The highest BCUT2D eigenvalue weighted by molar-refractivity contribution is 6.34. The number of hydrogen-bond acceptors (Lipinski definition) is 5. The van der Waals surface area contributed by atoms with Gasteiger partial charge < -0.3 is 4.74 Å². The van der Waals surface area contributed by atoms with Crippen molar-refractivity contribution in [3.05, 3.63) is 29.0 Å². The van der Waals surface area contributed by atoms with Crippen LogP contribution in [0.5, 0.6) is 0 Å². The third-order valence-corrected chi connectivity index (χ3v) is 2.39. The number of halogens is 1. The van der Waals surface area contributed by atoms with Crippen molar-refractivity contribution in [2.75, 3.05) is 6.61 Å². The van der Waals surface area contributed by atoms with Gasteiger partial charge in [-0.3, -0.25) is 4.79 Å². The molecular weight excluding hydrogens is 242 g/mol. The predicted octanol–water partition coefficient (Wildman–Crippen LogP) is 1.78. The Hall–Kier alpha value is -1.75. The number of hydrogen-bond donors (Lipinski definition) is 0. The molecule has 5 nitrogen and oxygen atoms in total. The molecule has 0 bridgehead atoms. The van der Waals surface area contributed by atoms with Gasteiger partial charge in [0.2, 0.25) is 0 Å². The van der Waals surface area contributed by atoms with Crippen molar-refractivity contribution in [1.29, 1.82) is 0 Å². The number of aromatic nitrogens is 3. The summed E-state index contributed by atoms with van der Waals surface area (Å²) in [4.78, 5) is 15.5. The summed E-state index contributed by atoms with van der Waals surface area (Å²) >= 11 is 5.93. The summed E-state index contributed by atoms with van der Waals surface area (Å²) in [6.07, 6.45) is 0.0172. The van der Waals surface area contributed by atoms with Crippen molar-refractivity contribution in [3.8, 4) is 0 Å². The maximum atomic E-state index is 11.3. The topological polar surface area (TPSA) is 65.0 Å². The fourth-order valence-corrected chi connectivity index (χ4v) is 1.59. The van der Waals surface area contributed by atoms with Gasteiger partial charge in [-0.25, -0.2) is 4.98 Å². The average molecular weight is 252 g/mol. The van der Waals surface area contributed by atoms with Crippen LogP contribution in [0.3, 0.4) is 0 Å². The molecule has 0 aliphatic rings. The van der Waals surface area contributed by atoms with Gasteiger partial charge >= 0.3 is 5.97 Å². The lowest BCUT2D eigenvalue weighted by molar-refractivity contribution is -0.142. The van der Waals surface area contributed by atoms with Crippen LogP contribution < -0.4 is 0 Å². The molecule has 2 aromatic rings. The molecule has 17 heavy (non-hydrogen) atoms. The van der Waals surface area contributed by atoms with Gasteiger partial charge in [0.15, 0.2) is 5.82 Å². The SMILES string of the molecule is CCOC(=O)Cc1nnc2c(Cl)cccc2n1. The standard InChI is InChI=1S/C11H10ClN3O2/c1-2-17-10(16)6-9-13-8-5-3-4-7(12)11(8)15-14-9/h3-5H,2,6H2,1H3. The fraction of sp³-hybridized carbons (Fsp3) is 0.273. The van der Waals surface area contributed by atoms with Crippen LogP contribution in [0.2, 0.25) is 5.02 Å². The Morgan fingerprint density at radius 3 is 3.00 bits per heavy atom. The van der Waals surface area contributed by atoms with Gasteiger partial charge in [-0.2, -0.15) is 0 Å². The molecule has 0 N–H and O–H groups in total. The van der Waals surface area contributed by atoms with Gasteiger partial charge in [0.25, 0.3) is 0 Å². The lowest BCUT2D eigenvalue weighted by atomic mass is 10.3. The summed E-state index contributed by atoms with van der Waals surface area (Å²) in [6, 6.07) is 5.25. The van der Waals surface area contributed by atoms with Gasteiger partial charge in [-0.15, -0.1) is 10.2 Å². The maximum Gasteiger partial charge on any atom is 0.313 e. The van der Waals surface area contributed by atoms with E-state index in [0.717, 1.165) is 0 Å². The second kappa shape index (κ2) is 5.05. The molecule has 0 amide bonds. The van der Waals surface area contributed by atoms with Crippen LogP contribution in [0.1, 0.15) is 12.7 Å². The number of carbonyl (C=O) groups is 1. The second-order valence-corrected chi connectivity index (χ2v) is 3.72. The molecule has 0 aliphatic carbocycles. The van der Waals surface area contributed by atoms with E-state index in [4.69, 9.17) is 16.3 Å². The van der Waals surface area contributed by atoms with Crippen molar-refractivity contribution in [2.24, 2.45) is 0 Å². The van der Waals surface area contributed by atoms with Crippen molar-refractivity contribution in [3.63, 3.8) is 0 Å². The van der Waals surface area contributed by atoms with E-state index >= 15 is 0 Å². The van der Waals surface area contributed by atoms with E-state index < -0.39 is 0 Å².